The minimum atomic E-state index is -1.04. The first-order valence-electron chi connectivity index (χ1n) is 5.24. The SMILES string of the molecule is Cc1cc(Br)cnc1NC(=O)c1ccc(C(=O)O)s1. The molecule has 0 saturated carbocycles. The van der Waals surface area contributed by atoms with Crippen LogP contribution in [0.2, 0.25) is 0 Å². The maximum absolute atomic E-state index is 11.9. The number of rotatable bonds is 3. The van der Waals surface area contributed by atoms with Crippen LogP contribution in [0, 0.1) is 6.92 Å². The van der Waals surface area contributed by atoms with Crippen molar-refractivity contribution in [3.8, 4) is 0 Å². The summed E-state index contributed by atoms with van der Waals surface area (Å²) in [6, 6.07) is 4.72. The minimum Gasteiger partial charge on any atom is -0.477 e. The Morgan fingerprint density at radius 1 is 1.37 bits per heavy atom. The Balaban J connectivity index is 2.18. The van der Waals surface area contributed by atoms with Crippen molar-refractivity contribution in [2.45, 2.75) is 6.92 Å². The monoisotopic (exact) mass is 340 g/mol. The smallest absolute Gasteiger partial charge is 0.345 e. The van der Waals surface area contributed by atoms with Gasteiger partial charge in [-0.2, -0.15) is 0 Å². The lowest BCUT2D eigenvalue weighted by Crippen LogP contribution is -2.12. The summed E-state index contributed by atoms with van der Waals surface area (Å²) >= 11 is 4.22. The molecule has 2 rings (SSSR count). The molecular weight excluding hydrogens is 332 g/mol. The van der Waals surface area contributed by atoms with E-state index in [2.05, 4.69) is 26.2 Å². The molecular formula is C12H9BrN2O3S. The molecule has 2 aromatic heterocycles. The fraction of sp³-hybridized carbons (Fsp3) is 0.0833. The molecule has 0 bridgehead atoms. The van der Waals surface area contributed by atoms with Crippen molar-refractivity contribution >= 4 is 45.0 Å². The number of nitrogens with zero attached hydrogens (tertiary/aromatic N) is 1. The van der Waals surface area contributed by atoms with Crippen molar-refractivity contribution in [1.82, 2.24) is 4.98 Å². The number of anilines is 1. The number of carboxylic acid groups (broad SMARTS) is 1. The number of aryl methyl sites for hydroxylation is 1. The number of nitrogens with one attached hydrogen (secondary N) is 1. The summed E-state index contributed by atoms with van der Waals surface area (Å²) in [6.45, 7) is 1.82. The van der Waals surface area contributed by atoms with Crippen LogP contribution < -0.4 is 5.32 Å². The average Bonchev–Trinajstić information content (AvgIpc) is 2.82. The van der Waals surface area contributed by atoms with Crippen LogP contribution in [0.4, 0.5) is 5.82 Å². The van der Waals surface area contributed by atoms with E-state index >= 15 is 0 Å². The van der Waals surface area contributed by atoms with Gasteiger partial charge in [-0.1, -0.05) is 0 Å². The molecule has 0 aliphatic carbocycles. The van der Waals surface area contributed by atoms with Crippen molar-refractivity contribution in [1.29, 1.82) is 0 Å². The van der Waals surface area contributed by atoms with Crippen LogP contribution in [0.5, 0.6) is 0 Å². The third-order valence-corrected chi connectivity index (χ3v) is 3.82. The maximum Gasteiger partial charge on any atom is 0.345 e. The molecule has 1 amide bonds. The first-order chi connectivity index (χ1) is 8.97. The van der Waals surface area contributed by atoms with Gasteiger partial charge in [-0.05, 0) is 46.6 Å². The van der Waals surface area contributed by atoms with E-state index in [1.54, 1.807) is 6.20 Å². The van der Waals surface area contributed by atoms with E-state index < -0.39 is 5.97 Å². The predicted octanol–water partition coefficient (Wildman–Crippen LogP) is 3.16. The molecule has 2 N–H and O–H groups in total. The number of hydrogen-bond donors (Lipinski definition) is 2. The summed E-state index contributed by atoms with van der Waals surface area (Å²) in [5.74, 6) is -0.948. The molecule has 0 unspecified atom stereocenters. The van der Waals surface area contributed by atoms with Crippen LogP contribution in [0.1, 0.15) is 24.9 Å². The Morgan fingerprint density at radius 3 is 2.63 bits per heavy atom. The topological polar surface area (TPSA) is 79.3 Å². The Bertz CT molecular complexity index is 654. The van der Waals surface area contributed by atoms with Crippen LogP contribution in [0.3, 0.4) is 0 Å². The van der Waals surface area contributed by atoms with Gasteiger partial charge in [0.2, 0.25) is 0 Å². The predicted molar refractivity (Wildman–Crippen MR) is 75.9 cm³/mol. The van der Waals surface area contributed by atoms with E-state index in [9.17, 15) is 9.59 Å². The quantitative estimate of drug-likeness (QED) is 0.899. The highest BCUT2D eigenvalue weighted by atomic mass is 79.9. The molecule has 5 nitrogen and oxygen atoms in total. The molecule has 0 atom stereocenters. The van der Waals surface area contributed by atoms with Crippen molar-refractivity contribution in [3.05, 3.63) is 44.2 Å². The van der Waals surface area contributed by atoms with E-state index in [4.69, 9.17) is 5.11 Å². The number of aromatic nitrogens is 1. The zero-order valence-corrected chi connectivity index (χ0v) is 12.2. The van der Waals surface area contributed by atoms with E-state index in [-0.39, 0.29) is 10.8 Å². The van der Waals surface area contributed by atoms with Gasteiger partial charge in [-0.15, -0.1) is 11.3 Å². The van der Waals surface area contributed by atoms with Crippen molar-refractivity contribution in [3.63, 3.8) is 0 Å². The van der Waals surface area contributed by atoms with Crippen LogP contribution in [0.15, 0.2) is 28.9 Å². The molecule has 7 heteroatoms. The number of carbonyl (C=O) groups is 2. The molecule has 19 heavy (non-hydrogen) atoms. The van der Waals surface area contributed by atoms with Gasteiger partial charge in [0.15, 0.2) is 0 Å². The number of carbonyl (C=O) groups excluding carboxylic acids is 1. The lowest BCUT2D eigenvalue weighted by atomic mass is 10.3. The molecule has 0 saturated heterocycles. The second kappa shape index (κ2) is 5.50. The number of pyridine rings is 1. The van der Waals surface area contributed by atoms with E-state index in [0.29, 0.717) is 10.7 Å². The van der Waals surface area contributed by atoms with E-state index in [1.165, 1.54) is 12.1 Å². The maximum atomic E-state index is 11.9. The lowest BCUT2D eigenvalue weighted by Gasteiger charge is -2.06. The fourth-order valence-corrected chi connectivity index (χ4v) is 2.60. The summed E-state index contributed by atoms with van der Waals surface area (Å²) in [7, 11) is 0. The van der Waals surface area contributed by atoms with Crippen molar-refractivity contribution in [2.24, 2.45) is 0 Å². The summed E-state index contributed by atoms with van der Waals surface area (Å²) < 4.78 is 0.826. The third-order valence-electron chi connectivity index (χ3n) is 2.32. The molecule has 0 spiro atoms. The van der Waals surface area contributed by atoms with Crippen LogP contribution in [-0.2, 0) is 0 Å². The second-order valence-electron chi connectivity index (χ2n) is 3.74. The Morgan fingerprint density at radius 2 is 2.05 bits per heavy atom. The Labute approximate surface area is 121 Å². The van der Waals surface area contributed by atoms with E-state index in [0.717, 1.165) is 21.4 Å². The normalized spacial score (nSPS) is 10.2. The van der Waals surface area contributed by atoms with Crippen LogP contribution >= 0.6 is 27.3 Å². The number of halogens is 1. The largest absolute Gasteiger partial charge is 0.477 e. The van der Waals surface area contributed by atoms with Gasteiger partial charge in [0.25, 0.3) is 5.91 Å². The fourth-order valence-electron chi connectivity index (χ4n) is 1.42. The Kier molecular flexibility index (Phi) is 3.96. The zero-order chi connectivity index (χ0) is 14.0. The molecule has 0 aromatic carbocycles. The van der Waals surface area contributed by atoms with Gasteiger partial charge >= 0.3 is 5.97 Å². The molecule has 2 heterocycles. The highest BCUT2D eigenvalue weighted by Crippen LogP contribution is 2.20. The standard InChI is InChI=1S/C12H9BrN2O3S/c1-6-4-7(13)5-14-10(6)15-11(16)8-2-3-9(19-8)12(17)18/h2-5H,1H3,(H,17,18)(H,14,15,16). The molecule has 0 radical (unpaired) electrons. The Hall–Kier alpha value is -1.73. The van der Waals surface area contributed by atoms with Crippen LogP contribution in [-0.4, -0.2) is 22.0 Å². The third kappa shape index (κ3) is 3.18. The van der Waals surface area contributed by atoms with Crippen molar-refractivity contribution in [2.75, 3.05) is 5.32 Å². The summed E-state index contributed by atoms with van der Waals surface area (Å²) in [5, 5.41) is 11.5. The molecule has 0 aliphatic heterocycles. The average molecular weight is 341 g/mol. The highest BCUT2D eigenvalue weighted by Gasteiger charge is 2.14. The zero-order valence-electron chi connectivity index (χ0n) is 9.81. The van der Waals surface area contributed by atoms with E-state index in [1.807, 2.05) is 13.0 Å². The van der Waals surface area contributed by atoms with Crippen molar-refractivity contribution < 1.29 is 14.7 Å². The number of amides is 1. The molecule has 0 aliphatic rings. The van der Waals surface area contributed by atoms with Crippen LogP contribution in [0.25, 0.3) is 0 Å². The molecule has 0 fully saturated rings. The van der Waals surface area contributed by atoms with Gasteiger partial charge < -0.3 is 10.4 Å². The highest BCUT2D eigenvalue weighted by molar-refractivity contribution is 9.10. The number of aromatic carboxylic acids is 1. The lowest BCUT2D eigenvalue weighted by molar-refractivity contribution is 0.0702. The summed E-state index contributed by atoms with van der Waals surface area (Å²) in [4.78, 5) is 27.2. The summed E-state index contributed by atoms with van der Waals surface area (Å²) in [6.07, 6.45) is 1.58. The van der Waals surface area contributed by atoms with Gasteiger partial charge in [0, 0.05) is 10.7 Å². The number of hydrogen-bond acceptors (Lipinski definition) is 4. The summed E-state index contributed by atoms with van der Waals surface area (Å²) in [5.41, 5.74) is 0.817. The first-order valence-corrected chi connectivity index (χ1v) is 6.85. The molecule has 98 valence electrons. The second-order valence-corrected chi connectivity index (χ2v) is 5.74. The number of thiophene rings is 1. The first kappa shape index (κ1) is 13.7. The van der Waals surface area contributed by atoms with Gasteiger partial charge in [0.05, 0.1) is 4.88 Å². The van der Waals surface area contributed by atoms with Gasteiger partial charge in [0.1, 0.15) is 10.7 Å². The van der Waals surface area contributed by atoms with Gasteiger partial charge in [-0.3, -0.25) is 4.79 Å². The number of carboxylic acids is 1. The van der Waals surface area contributed by atoms with Gasteiger partial charge in [-0.25, -0.2) is 9.78 Å². The molecule has 2 aromatic rings. The minimum absolute atomic E-state index is 0.130.